The molecule has 0 bridgehead atoms. The molecule has 4 rings (SSSR count). The summed E-state index contributed by atoms with van der Waals surface area (Å²) in [4.78, 5) is 35.8. The third kappa shape index (κ3) is 8.86. The van der Waals surface area contributed by atoms with Crippen molar-refractivity contribution in [2.45, 2.75) is 95.9 Å². The molecule has 1 saturated carbocycles. The summed E-state index contributed by atoms with van der Waals surface area (Å²) in [7, 11) is -3.98. The lowest BCUT2D eigenvalue weighted by Gasteiger charge is -2.28. The number of rotatable bonds is 10. The van der Waals surface area contributed by atoms with Gasteiger partial charge < -0.3 is 9.47 Å². The first-order valence-corrected chi connectivity index (χ1v) is 16.1. The summed E-state index contributed by atoms with van der Waals surface area (Å²) in [6.07, 6.45) is 4.33. The Bertz CT molecular complexity index is 1570. The molecular formula is C33H42N4O6S. The van der Waals surface area contributed by atoms with Gasteiger partial charge in [0, 0.05) is 18.9 Å². The van der Waals surface area contributed by atoms with Crippen LogP contribution in [0.2, 0.25) is 0 Å². The van der Waals surface area contributed by atoms with E-state index < -0.39 is 39.8 Å². The molecule has 1 aromatic carbocycles. The monoisotopic (exact) mass is 622 g/mol. The van der Waals surface area contributed by atoms with Gasteiger partial charge in [-0.3, -0.25) is 14.7 Å². The molecular weight excluding hydrogens is 580 g/mol. The van der Waals surface area contributed by atoms with E-state index in [1.165, 1.54) is 28.3 Å². The van der Waals surface area contributed by atoms with Crippen molar-refractivity contribution in [3.8, 4) is 0 Å². The van der Waals surface area contributed by atoms with Gasteiger partial charge in [-0.2, -0.15) is 4.31 Å². The van der Waals surface area contributed by atoms with Crippen LogP contribution in [0.4, 0.5) is 10.6 Å². The minimum absolute atomic E-state index is 0.0542. The zero-order valence-electron chi connectivity index (χ0n) is 26.5. The molecule has 10 nitrogen and oxygen atoms in total. The Morgan fingerprint density at radius 2 is 1.55 bits per heavy atom. The van der Waals surface area contributed by atoms with Crippen molar-refractivity contribution < 1.29 is 27.5 Å². The van der Waals surface area contributed by atoms with Crippen LogP contribution in [0, 0.1) is 0 Å². The van der Waals surface area contributed by atoms with Gasteiger partial charge in [0.15, 0.2) is 0 Å². The standard InChI is InChI=1S/C33H42N4O6S/c1-31(2,3)42-29(38)23-37(30(39)43-32(4,5)6)28-12-8-10-26(35-28)22-36(44(40,41)27-11-9-19-34-20-27)21-24-13-15-25(16-14-24)33(7)17-18-33/h8-16,19-20H,17-18,21-23H2,1-7H3. The zero-order chi connectivity index (χ0) is 32.3. The molecule has 0 unspecified atom stereocenters. The van der Waals surface area contributed by atoms with E-state index in [4.69, 9.17) is 9.47 Å². The van der Waals surface area contributed by atoms with Gasteiger partial charge in [0.25, 0.3) is 0 Å². The lowest BCUT2D eigenvalue weighted by Crippen LogP contribution is -2.42. The minimum atomic E-state index is -3.98. The van der Waals surface area contributed by atoms with Crippen LogP contribution in [0.5, 0.6) is 0 Å². The first-order chi connectivity index (χ1) is 20.5. The van der Waals surface area contributed by atoms with Crippen molar-refractivity contribution in [2.24, 2.45) is 0 Å². The Labute approximate surface area is 260 Å². The number of sulfonamides is 1. The summed E-state index contributed by atoms with van der Waals surface area (Å²) >= 11 is 0. The van der Waals surface area contributed by atoms with E-state index in [9.17, 15) is 18.0 Å². The van der Waals surface area contributed by atoms with Gasteiger partial charge in [-0.15, -0.1) is 0 Å². The topological polar surface area (TPSA) is 119 Å². The zero-order valence-corrected chi connectivity index (χ0v) is 27.3. The molecule has 0 atom stereocenters. The first kappa shape index (κ1) is 33.1. The van der Waals surface area contributed by atoms with E-state index in [0.717, 1.165) is 23.3 Å². The molecule has 44 heavy (non-hydrogen) atoms. The van der Waals surface area contributed by atoms with Crippen molar-refractivity contribution in [1.82, 2.24) is 14.3 Å². The molecule has 0 spiro atoms. The molecule has 0 radical (unpaired) electrons. The van der Waals surface area contributed by atoms with Gasteiger partial charge in [-0.25, -0.2) is 18.2 Å². The van der Waals surface area contributed by atoms with Gasteiger partial charge in [0.2, 0.25) is 10.0 Å². The van der Waals surface area contributed by atoms with Crippen molar-refractivity contribution >= 4 is 27.9 Å². The number of carbonyl (C=O) groups excluding carboxylic acids is 2. The van der Waals surface area contributed by atoms with Crippen molar-refractivity contribution in [3.05, 3.63) is 83.8 Å². The normalized spacial score (nSPS) is 14.6. The lowest BCUT2D eigenvalue weighted by atomic mass is 9.97. The third-order valence-electron chi connectivity index (χ3n) is 7.01. The minimum Gasteiger partial charge on any atom is -0.459 e. The number of amides is 1. The van der Waals surface area contributed by atoms with Crippen LogP contribution in [-0.4, -0.2) is 52.5 Å². The van der Waals surface area contributed by atoms with Gasteiger partial charge in [0.1, 0.15) is 28.5 Å². The Hall–Kier alpha value is -3.83. The third-order valence-corrected chi connectivity index (χ3v) is 8.79. The molecule has 1 aliphatic carbocycles. The summed E-state index contributed by atoms with van der Waals surface area (Å²) in [5.74, 6) is -0.511. The SMILES string of the molecule is CC(C)(C)OC(=O)CN(C(=O)OC(C)(C)C)c1cccc(CN(Cc2ccc(C3(C)CC3)cc2)S(=O)(=O)c2cccnc2)n1. The van der Waals surface area contributed by atoms with E-state index in [2.05, 4.69) is 29.0 Å². The highest BCUT2D eigenvalue weighted by atomic mass is 32.2. The maximum Gasteiger partial charge on any atom is 0.416 e. The van der Waals surface area contributed by atoms with E-state index in [0.29, 0.717) is 5.69 Å². The van der Waals surface area contributed by atoms with Gasteiger partial charge in [0.05, 0.1) is 12.2 Å². The molecule has 11 heteroatoms. The quantitative estimate of drug-likeness (QED) is 0.253. The number of aromatic nitrogens is 2. The summed E-state index contributed by atoms with van der Waals surface area (Å²) < 4.78 is 40.0. The van der Waals surface area contributed by atoms with Crippen LogP contribution >= 0.6 is 0 Å². The average molecular weight is 623 g/mol. The summed E-state index contributed by atoms with van der Waals surface area (Å²) in [5, 5.41) is 0. The molecule has 0 aliphatic heterocycles. The lowest BCUT2D eigenvalue weighted by molar-refractivity contribution is -0.153. The average Bonchev–Trinajstić information content (AvgIpc) is 3.68. The Morgan fingerprint density at radius 3 is 2.11 bits per heavy atom. The van der Waals surface area contributed by atoms with E-state index >= 15 is 0 Å². The van der Waals surface area contributed by atoms with Crippen molar-refractivity contribution in [2.75, 3.05) is 11.4 Å². The van der Waals surface area contributed by atoms with Crippen LogP contribution < -0.4 is 4.90 Å². The van der Waals surface area contributed by atoms with Crippen molar-refractivity contribution in [3.63, 3.8) is 0 Å². The maximum absolute atomic E-state index is 13.9. The molecule has 236 valence electrons. The molecule has 0 N–H and O–H groups in total. The second-order valence-electron chi connectivity index (χ2n) is 13.4. The number of anilines is 1. The maximum atomic E-state index is 13.9. The smallest absolute Gasteiger partial charge is 0.416 e. The Balaban J connectivity index is 1.66. The summed E-state index contributed by atoms with van der Waals surface area (Å²) in [6, 6.07) is 16.0. The van der Waals surface area contributed by atoms with Gasteiger partial charge in [-0.05, 0) is 95.2 Å². The van der Waals surface area contributed by atoms with E-state index in [1.807, 2.05) is 12.1 Å². The predicted molar refractivity (Wildman–Crippen MR) is 167 cm³/mol. The number of nitrogens with zero attached hydrogens (tertiary/aromatic N) is 4. The van der Waals surface area contributed by atoms with Crippen LogP contribution in [0.3, 0.4) is 0 Å². The fourth-order valence-electron chi connectivity index (χ4n) is 4.51. The Morgan fingerprint density at radius 1 is 0.886 bits per heavy atom. The largest absolute Gasteiger partial charge is 0.459 e. The van der Waals surface area contributed by atoms with Crippen LogP contribution in [0.15, 0.2) is 71.9 Å². The highest BCUT2D eigenvalue weighted by Gasteiger charge is 2.39. The molecule has 1 aliphatic rings. The van der Waals surface area contributed by atoms with E-state index in [-0.39, 0.29) is 29.2 Å². The van der Waals surface area contributed by atoms with Crippen molar-refractivity contribution in [1.29, 1.82) is 0 Å². The number of benzene rings is 1. The Kier molecular flexibility index (Phi) is 9.51. The number of pyridine rings is 2. The van der Waals surface area contributed by atoms with Crippen LogP contribution in [0.25, 0.3) is 0 Å². The second kappa shape index (κ2) is 12.6. The molecule has 2 aromatic heterocycles. The molecule has 3 aromatic rings. The first-order valence-electron chi connectivity index (χ1n) is 14.6. The molecule has 2 heterocycles. The fourth-order valence-corrected chi connectivity index (χ4v) is 5.88. The number of carbonyl (C=O) groups is 2. The molecule has 1 fully saturated rings. The number of hydrogen-bond acceptors (Lipinski definition) is 8. The molecule has 0 saturated heterocycles. The van der Waals surface area contributed by atoms with Crippen LogP contribution in [-0.2, 0) is 42.8 Å². The van der Waals surface area contributed by atoms with Crippen LogP contribution in [0.1, 0.15) is 78.1 Å². The number of esters is 1. The second-order valence-corrected chi connectivity index (χ2v) is 15.3. The number of ether oxygens (including phenoxy) is 2. The molecule has 1 amide bonds. The highest BCUT2D eigenvalue weighted by Crippen LogP contribution is 2.47. The summed E-state index contributed by atoms with van der Waals surface area (Å²) in [5.41, 5.74) is 1.04. The fraction of sp³-hybridized carbons (Fsp3) is 0.455. The number of hydrogen-bond donors (Lipinski definition) is 0. The summed E-state index contributed by atoms with van der Waals surface area (Å²) in [6.45, 7) is 12.1. The predicted octanol–water partition coefficient (Wildman–Crippen LogP) is 6.00. The van der Waals surface area contributed by atoms with Gasteiger partial charge >= 0.3 is 12.1 Å². The van der Waals surface area contributed by atoms with Gasteiger partial charge in [-0.1, -0.05) is 37.3 Å². The van der Waals surface area contributed by atoms with E-state index in [1.54, 1.807) is 65.8 Å². The highest BCUT2D eigenvalue weighted by molar-refractivity contribution is 7.89.